The number of aromatic nitrogens is 2. The summed E-state index contributed by atoms with van der Waals surface area (Å²) in [6.45, 7) is 5.04. The Balaban J connectivity index is 1.67. The summed E-state index contributed by atoms with van der Waals surface area (Å²) in [6.07, 6.45) is 3.20. The molecule has 1 atom stereocenters. The molecule has 1 aliphatic rings. The summed E-state index contributed by atoms with van der Waals surface area (Å²) in [5.74, 6) is 2.09. The SMILES string of the molecule is CC(C)Cc1noc(CN(C)C2CCc3ccccc32)n1. The van der Waals surface area contributed by atoms with Gasteiger partial charge in [0.2, 0.25) is 5.89 Å². The zero-order valence-electron chi connectivity index (χ0n) is 13.0. The fourth-order valence-corrected chi connectivity index (χ4v) is 3.12. The molecule has 0 spiro atoms. The van der Waals surface area contributed by atoms with Gasteiger partial charge >= 0.3 is 0 Å². The van der Waals surface area contributed by atoms with E-state index in [2.05, 4.69) is 60.2 Å². The number of benzene rings is 1. The highest BCUT2D eigenvalue weighted by Gasteiger charge is 2.26. The van der Waals surface area contributed by atoms with Crippen LogP contribution < -0.4 is 0 Å². The molecule has 21 heavy (non-hydrogen) atoms. The van der Waals surface area contributed by atoms with Crippen LogP contribution in [-0.2, 0) is 19.4 Å². The molecule has 1 heterocycles. The minimum absolute atomic E-state index is 0.460. The van der Waals surface area contributed by atoms with Gasteiger partial charge in [-0.2, -0.15) is 4.98 Å². The predicted octanol–water partition coefficient (Wildman–Crippen LogP) is 3.39. The lowest BCUT2D eigenvalue weighted by Crippen LogP contribution is -2.22. The van der Waals surface area contributed by atoms with Crippen molar-refractivity contribution in [3.8, 4) is 0 Å². The third-order valence-corrected chi connectivity index (χ3v) is 4.12. The van der Waals surface area contributed by atoms with E-state index in [0.29, 0.717) is 18.5 Å². The van der Waals surface area contributed by atoms with Crippen molar-refractivity contribution in [1.82, 2.24) is 15.0 Å². The van der Waals surface area contributed by atoms with Gasteiger partial charge in [-0.15, -0.1) is 0 Å². The third-order valence-electron chi connectivity index (χ3n) is 4.12. The number of hydrogen-bond acceptors (Lipinski definition) is 4. The maximum Gasteiger partial charge on any atom is 0.240 e. The van der Waals surface area contributed by atoms with Gasteiger partial charge in [0.15, 0.2) is 5.82 Å². The molecular weight excluding hydrogens is 262 g/mol. The molecule has 0 saturated heterocycles. The molecule has 112 valence electrons. The average molecular weight is 285 g/mol. The normalized spacial score (nSPS) is 17.7. The van der Waals surface area contributed by atoms with Gasteiger partial charge in [-0.1, -0.05) is 43.3 Å². The molecule has 0 bridgehead atoms. The van der Waals surface area contributed by atoms with Gasteiger partial charge in [-0.05, 0) is 36.9 Å². The molecule has 3 rings (SSSR count). The van der Waals surface area contributed by atoms with Gasteiger partial charge in [-0.25, -0.2) is 0 Å². The van der Waals surface area contributed by atoms with E-state index < -0.39 is 0 Å². The lowest BCUT2D eigenvalue weighted by Gasteiger charge is -2.23. The summed E-state index contributed by atoms with van der Waals surface area (Å²) in [6, 6.07) is 9.18. The number of rotatable bonds is 5. The van der Waals surface area contributed by atoms with Crippen molar-refractivity contribution in [3.05, 3.63) is 47.1 Å². The Hall–Kier alpha value is -1.68. The molecule has 0 amide bonds. The van der Waals surface area contributed by atoms with E-state index in [4.69, 9.17) is 4.52 Å². The summed E-state index contributed by atoms with van der Waals surface area (Å²) in [5, 5.41) is 4.07. The second-order valence-corrected chi connectivity index (χ2v) is 6.37. The van der Waals surface area contributed by atoms with Gasteiger partial charge in [0.05, 0.1) is 6.54 Å². The van der Waals surface area contributed by atoms with Crippen LogP contribution in [0.4, 0.5) is 0 Å². The second kappa shape index (κ2) is 5.98. The Morgan fingerprint density at radius 1 is 1.33 bits per heavy atom. The molecule has 0 fully saturated rings. The van der Waals surface area contributed by atoms with Crippen LogP contribution >= 0.6 is 0 Å². The summed E-state index contributed by atoms with van der Waals surface area (Å²) in [7, 11) is 2.14. The van der Waals surface area contributed by atoms with Gasteiger partial charge in [0.25, 0.3) is 0 Å². The molecule has 4 heteroatoms. The van der Waals surface area contributed by atoms with Crippen molar-refractivity contribution in [2.45, 2.75) is 45.7 Å². The van der Waals surface area contributed by atoms with Crippen LogP contribution in [0, 0.1) is 5.92 Å². The van der Waals surface area contributed by atoms with E-state index in [0.717, 1.165) is 24.6 Å². The van der Waals surface area contributed by atoms with Crippen molar-refractivity contribution in [1.29, 1.82) is 0 Å². The molecule has 1 aliphatic carbocycles. The Morgan fingerprint density at radius 3 is 2.95 bits per heavy atom. The predicted molar refractivity (Wildman–Crippen MR) is 81.8 cm³/mol. The van der Waals surface area contributed by atoms with Crippen LogP contribution in [0.5, 0.6) is 0 Å². The molecule has 1 unspecified atom stereocenters. The summed E-state index contributed by atoms with van der Waals surface area (Å²) in [5.41, 5.74) is 2.92. The highest BCUT2D eigenvalue weighted by molar-refractivity contribution is 5.34. The van der Waals surface area contributed by atoms with E-state index in [1.807, 2.05) is 0 Å². The van der Waals surface area contributed by atoms with Gasteiger partial charge in [0, 0.05) is 12.5 Å². The average Bonchev–Trinajstić information content (AvgIpc) is 3.04. The minimum Gasteiger partial charge on any atom is -0.338 e. The van der Waals surface area contributed by atoms with E-state index in [1.165, 1.54) is 17.5 Å². The number of hydrogen-bond donors (Lipinski definition) is 0. The van der Waals surface area contributed by atoms with Gasteiger partial charge in [0.1, 0.15) is 0 Å². The molecular formula is C17H23N3O. The van der Waals surface area contributed by atoms with Crippen LogP contribution in [0.2, 0.25) is 0 Å². The Labute approximate surface area is 126 Å². The molecule has 0 radical (unpaired) electrons. The first-order valence-corrected chi connectivity index (χ1v) is 7.73. The van der Waals surface area contributed by atoms with Crippen LogP contribution in [0.25, 0.3) is 0 Å². The van der Waals surface area contributed by atoms with Crippen LogP contribution in [0.1, 0.15) is 49.2 Å². The topological polar surface area (TPSA) is 42.2 Å². The Bertz CT molecular complexity index is 606. The van der Waals surface area contributed by atoms with E-state index >= 15 is 0 Å². The Morgan fingerprint density at radius 2 is 2.14 bits per heavy atom. The maximum absolute atomic E-state index is 5.38. The fraction of sp³-hybridized carbons (Fsp3) is 0.529. The quantitative estimate of drug-likeness (QED) is 0.844. The molecule has 4 nitrogen and oxygen atoms in total. The van der Waals surface area contributed by atoms with Crippen LogP contribution in [0.3, 0.4) is 0 Å². The van der Waals surface area contributed by atoms with Gasteiger partial charge in [-0.3, -0.25) is 4.90 Å². The smallest absolute Gasteiger partial charge is 0.240 e. The highest BCUT2D eigenvalue weighted by Crippen LogP contribution is 2.35. The van der Waals surface area contributed by atoms with E-state index in [9.17, 15) is 0 Å². The first-order valence-electron chi connectivity index (χ1n) is 7.73. The lowest BCUT2D eigenvalue weighted by atomic mass is 10.1. The fourth-order valence-electron chi connectivity index (χ4n) is 3.12. The van der Waals surface area contributed by atoms with Crippen molar-refractivity contribution in [2.24, 2.45) is 5.92 Å². The maximum atomic E-state index is 5.38. The third kappa shape index (κ3) is 3.16. The molecule has 0 N–H and O–H groups in total. The zero-order valence-corrected chi connectivity index (χ0v) is 13.0. The zero-order chi connectivity index (χ0) is 14.8. The molecule has 0 aliphatic heterocycles. The van der Waals surface area contributed by atoms with E-state index in [-0.39, 0.29) is 0 Å². The number of nitrogens with zero attached hydrogens (tertiary/aromatic N) is 3. The van der Waals surface area contributed by atoms with E-state index in [1.54, 1.807) is 0 Å². The number of fused-ring (bicyclic) bond motifs is 1. The van der Waals surface area contributed by atoms with Crippen molar-refractivity contribution in [2.75, 3.05) is 7.05 Å². The highest BCUT2D eigenvalue weighted by atomic mass is 16.5. The molecule has 0 saturated carbocycles. The molecule has 1 aromatic heterocycles. The monoisotopic (exact) mass is 285 g/mol. The van der Waals surface area contributed by atoms with Crippen molar-refractivity contribution < 1.29 is 4.52 Å². The van der Waals surface area contributed by atoms with Crippen LogP contribution in [-0.4, -0.2) is 22.1 Å². The van der Waals surface area contributed by atoms with Crippen LogP contribution in [0.15, 0.2) is 28.8 Å². The minimum atomic E-state index is 0.460. The number of aryl methyl sites for hydroxylation is 1. The summed E-state index contributed by atoms with van der Waals surface area (Å²) in [4.78, 5) is 6.82. The summed E-state index contributed by atoms with van der Waals surface area (Å²) < 4.78 is 5.38. The first kappa shape index (κ1) is 14.3. The molecule has 1 aromatic carbocycles. The Kier molecular flexibility index (Phi) is 4.06. The standard InChI is InChI=1S/C17H23N3O/c1-12(2)10-16-18-17(21-19-16)11-20(3)15-9-8-13-6-4-5-7-14(13)15/h4-7,12,15H,8-11H2,1-3H3. The summed E-state index contributed by atoms with van der Waals surface area (Å²) >= 11 is 0. The largest absolute Gasteiger partial charge is 0.338 e. The van der Waals surface area contributed by atoms with Crippen molar-refractivity contribution >= 4 is 0 Å². The van der Waals surface area contributed by atoms with Crippen molar-refractivity contribution in [3.63, 3.8) is 0 Å². The second-order valence-electron chi connectivity index (χ2n) is 6.37. The molecule has 2 aromatic rings. The first-order chi connectivity index (χ1) is 10.1. The lowest BCUT2D eigenvalue weighted by molar-refractivity contribution is 0.204. The van der Waals surface area contributed by atoms with Gasteiger partial charge < -0.3 is 4.52 Å².